The maximum absolute atomic E-state index is 12.1. The van der Waals surface area contributed by atoms with Crippen molar-refractivity contribution in [3.8, 4) is 11.8 Å². The molecule has 114 valence electrons. The van der Waals surface area contributed by atoms with Gasteiger partial charge in [-0.15, -0.1) is 0 Å². The molecule has 0 spiro atoms. The lowest BCUT2D eigenvalue weighted by Crippen LogP contribution is -2.35. The molecule has 1 aromatic carbocycles. The topological polar surface area (TPSA) is 53.3 Å². The first-order valence-corrected chi connectivity index (χ1v) is 7.57. The summed E-state index contributed by atoms with van der Waals surface area (Å²) in [5.74, 6) is -0.0669. The van der Waals surface area contributed by atoms with Gasteiger partial charge in [-0.25, -0.2) is 0 Å². The molecule has 21 heavy (non-hydrogen) atoms. The fourth-order valence-electron chi connectivity index (χ4n) is 2.03. The Hall–Kier alpha value is -1.73. The van der Waals surface area contributed by atoms with Gasteiger partial charge in [-0.2, -0.15) is 5.26 Å². The molecule has 1 atom stereocenters. The van der Waals surface area contributed by atoms with E-state index in [0.717, 1.165) is 0 Å². The van der Waals surface area contributed by atoms with Gasteiger partial charge in [-0.05, 0) is 38.8 Å². The molecule has 0 aliphatic heterocycles. The lowest BCUT2D eigenvalue weighted by Gasteiger charge is -2.21. The summed E-state index contributed by atoms with van der Waals surface area (Å²) in [6.07, 6.45) is 1.13. The summed E-state index contributed by atoms with van der Waals surface area (Å²) in [7, 11) is 0. The number of ether oxygens (including phenoxy) is 1. The Balaban J connectivity index is 2.41. The average Bonchev–Trinajstić information content (AvgIpc) is 2.50. The Morgan fingerprint density at radius 1 is 1.38 bits per heavy atom. The van der Waals surface area contributed by atoms with Gasteiger partial charge in [0.1, 0.15) is 11.7 Å². The van der Waals surface area contributed by atoms with E-state index in [1.54, 1.807) is 17.0 Å². The van der Waals surface area contributed by atoms with E-state index >= 15 is 0 Å². The van der Waals surface area contributed by atoms with Crippen LogP contribution >= 0.6 is 11.6 Å². The molecule has 1 rings (SSSR count). The summed E-state index contributed by atoms with van der Waals surface area (Å²) in [5, 5.41) is 9.70. The molecule has 0 aliphatic carbocycles. The predicted molar refractivity (Wildman–Crippen MR) is 83.2 cm³/mol. The molecule has 0 bridgehead atoms. The van der Waals surface area contributed by atoms with Gasteiger partial charge in [0.05, 0.1) is 17.7 Å². The number of nitriles is 1. The number of hydrogen-bond donors (Lipinski definition) is 0. The Kier molecular flexibility index (Phi) is 7.63. The summed E-state index contributed by atoms with van der Waals surface area (Å²) in [4.78, 5) is 13.8. The fraction of sp³-hybridized carbons (Fsp3) is 0.500. The van der Waals surface area contributed by atoms with Gasteiger partial charge < -0.3 is 9.64 Å². The quantitative estimate of drug-likeness (QED) is 0.691. The number of nitrogens with zero attached hydrogens (tertiary/aromatic N) is 2. The van der Waals surface area contributed by atoms with Gasteiger partial charge in [0, 0.05) is 13.1 Å². The average molecular weight is 309 g/mol. The maximum atomic E-state index is 12.1. The van der Waals surface area contributed by atoms with Crippen LogP contribution in [0.3, 0.4) is 0 Å². The van der Waals surface area contributed by atoms with Crippen LogP contribution < -0.4 is 4.74 Å². The van der Waals surface area contributed by atoms with Crippen molar-refractivity contribution < 1.29 is 9.53 Å². The summed E-state index contributed by atoms with van der Waals surface area (Å²) in [5.41, 5.74) is 0. The highest BCUT2D eigenvalue weighted by Gasteiger charge is 2.21. The van der Waals surface area contributed by atoms with E-state index in [4.69, 9.17) is 21.6 Å². The van der Waals surface area contributed by atoms with Gasteiger partial charge in [-0.3, -0.25) is 4.79 Å². The molecule has 5 heteroatoms. The Labute approximate surface area is 131 Å². The highest BCUT2D eigenvalue weighted by atomic mass is 35.5. The van der Waals surface area contributed by atoms with E-state index in [1.807, 2.05) is 26.0 Å². The predicted octanol–water partition coefficient (Wildman–Crippen LogP) is 3.51. The lowest BCUT2D eigenvalue weighted by atomic mass is 10.0. The molecule has 0 fully saturated rings. The van der Waals surface area contributed by atoms with E-state index in [-0.39, 0.29) is 5.91 Å². The van der Waals surface area contributed by atoms with Gasteiger partial charge in [0.25, 0.3) is 0 Å². The van der Waals surface area contributed by atoms with E-state index in [0.29, 0.717) is 43.3 Å². The van der Waals surface area contributed by atoms with Crippen molar-refractivity contribution >= 4 is 17.5 Å². The molecule has 0 radical (unpaired) electrons. The molecule has 4 nitrogen and oxygen atoms in total. The van der Waals surface area contributed by atoms with Crippen LogP contribution in [0.15, 0.2) is 24.3 Å². The Bertz CT molecular complexity index is 495. The van der Waals surface area contributed by atoms with E-state index < -0.39 is 5.92 Å². The number of amides is 1. The molecule has 0 aliphatic rings. The zero-order valence-corrected chi connectivity index (χ0v) is 13.3. The van der Waals surface area contributed by atoms with Gasteiger partial charge in [0.15, 0.2) is 0 Å². The first kappa shape index (κ1) is 17.3. The van der Waals surface area contributed by atoms with Crippen LogP contribution in [0, 0.1) is 17.2 Å². The van der Waals surface area contributed by atoms with Gasteiger partial charge in [-0.1, -0.05) is 23.7 Å². The summed E-state index contributed by atoms with van der Waals surface area (Å²) in [6.45, 7) is 5.52. The normalized spacial score (nSPS) is 11.5. The summed E-state index contributed by atoms with van der Waals surface area (Å²) < 4.78 is 5.56. The smallest absolute Gasteiger partial charge is 0.239 e. The van der Waals surface area contributed by atoms with Crippen LogP contribution in [0.2, 0.25) is 5.02 Å². The van der Waals surface area contributed by atoms with Crippen LogP contribution in [-0.4, -0.2) is 30.5 Å². The zero-order valence-electron chi connectivity index (χ0n) is 12.5. The van der Waals surface area contributed by atoms with Crippen LogP contribution in [0.5, 0.6) is 5.75 Å². The zero-order chi connectivity index (χ0) is 15.7. The minimum absolute atomic E-state index is 0.0970. The number of hydrogen-bond acceptors (Lipinski definition) is 3. The molecule has 1 aromatic rings. The van der Waals surface area contributed by atoms with Crippen LogP contribution in [-0.2, 0) is 4.79 Å². The maximum Gasteiger partial charge on any atom is 0.239 e. The number of carbonyl (C=O) groups excluding carboxylic acids is 1. The molecular weight excluding hydrogens is 288 g/mol. The van der Waals surface area contributed by atoms with E-state index in [1.165, 1.54) is 0 Å². The minimum Gasteiger partial charge on any atom is -0.492 e. The second-order valence-electron chi connectivity index (χ2n) is 4.61. The van der Waals surface area contributed by atoms with E-state index in [9.17, 15) is 4.79 Å². The van der Waals surface area contributed by atoms with Crippen molar-refractivity contribution in [1.29, 1.82) is 5.26 Å². The first-order valence-electron chi connectivity index (χ1n) is 7.19. The van der Waals surface area contributed by atoms with Crippen molar-refractivity contribution in [2.24, 2.45) is 5.92 Å². The number of benzene rings is 1. The monoisotopic (exact) mass is 308 g/mol. The molecule has 1 amide bonds. The molecule has 0 saturated carbocycles. The SMILES string of the molecule is CCN(CC)C(=O)C(C#N)CCCOc1ccccc1Cl. The largest absolute Gasteiger partial charge is 0.492 e. The molecular formula is C16H21ClN2O2. The lowest BCUT2D eigenvalue weighted by molar-refractivity contribution is -0.133. The van der Waals surface area contributed by atoms with Crippen LogP contribution in [0.1, 0.15) is 26.7 Å². The van der Waals surface area contributed by atoms with Crippen molar-refractivity contribution in [2.45, 2.75) is 26.7 Å². The second kappa shape index (κ2) is 9.25. The molecule has 0 N–H and O–H groups in total. The summed E-state index contributed by atoms with van der Waals surface area (Å²) >= 11 is 5.98. The third kappa shape index (κ3) is 5.28. The highest BCUT2D eigenvalue weighted by molar-refractivity contribution is 6.32. The standard InChI is InChI=1S/C16H21ClN2O2/c1-3-19(4-2)16(20)13(12-18)8-7-11-21-15-10-6-5-9-14(15)17/h5-6,9-10,13H,3-4,7-8,11H2,1-2H3. The van der Waals surface area contributed by atoms with Gasteiger partial charge in [0.2, 0.25) is 5.91 Å². The molecule has 0 aromatic heterocycles. The molecule has 1 unspecified atom stereocenters. The van der Waals surface area contributed by atoms with Crippen LogP contribution in [0.25, 0.3) is 0 Å². The van der Waals surface area contributed by atoms with Crippen molar-refractivity contribution in [3.05, 3.63) is 29.3 Å². The molecule has 0 heterocycles. The summed E-state index contributed by atoms with van der Waals surface area (Å²) in [6, 6.07) is 9.34. The highest BCUT2D eigenvalue weighted by Crippen LogP contribution is 2.23. The third-order valence-corrected chi connectivity index (χ3v) is 3.57. The molecule has 0 saturated heterocycles. The van der Waals surface area contributed by atoms with Crippen LogP contribution in [0.4, 0.5) is 0 Å². The number of halogens is 1. The van der Waals surface area contributed by atoms with Crippen molar-refractivity contribution in [1.82, 2.24) is 4.90 Å². The number of carbonyl (C=O) groups is 1. The van der Waals surface area contributed by atoms with Crippen molar-refractivity contribution in [2.75, 3.05) is 19.7 Å². The Morgan fingerprint density at radius 2 is 2.05 bits per heavy atom. The Morgan fingerprint density at radius 3 is 2.62 bits per heavy atom. The number of para-hydroxylation sites is 1. The third-order valence-electron chi connectivity index (χ3n) is 3.26. The fourth-order valence-corrected chi connectivity index (χ4v) is 2.22. The van der Waals surface area contributed by atoms with Gasteiger partial charge >= 0.3 is 0 Å². The van der Waals surface area contributed by atoms with E-state index in [2.05, 4.69) is 6.07 Å². The number of rotatable bonds is 8. The first-order chi connectivity index (χ1) is 10.1. The van der Waals surface area contributed by atoms with Crippen molar-refractivity contribution in [3.63, 3.8) is 0 Å². The minimum atomic E-state index is -0.597. The second-order valence-corrected chi connectivity index (χ2v) is 5.02.